The van der Waals surface area contributed by atoms with E-state index in [9.17, 15) is 9.90 Å². The molecule has 0 saturated heterocycles. The number of hydrogen-bond acceptors (Lipinski definition) is 1. The molecule has 18 heavy (non-hydrogen) atoms. The monoisotopic (exact) mass is 300 g/mol. The summed E-state index contributed by atoms with van der Waals surface area (Å²) in [7, 11) is 0. The minimum Gasteiger partial charge on any atom is -0.478 e. The van der Waals surface area contributed by atoms with Gasteiger partial charge in [-0.25, -0.2) is 4.79 Å². The number of hydrogen-bond donors (Lipinski definition) is 1. The molecule has 0 radical (unpaired) electrons. The van der Waals surface area contributed by atoms with Gasteiger partial charge in [-0.3, -0.25) is 0 Å². The van der Waals surface area contributed by atoms with Gasteiger partial charge in [0, 0.05) is 4.47 Å². The predicted octanol–water partition coefficient (Wildman–Crippen LogP) is 4.45. The van der Waals surface area contributed by atoms with Gasteiger partial charge in [0.25, 0.3) is 0 Å². The SMILES string of the molecule is O=C(O)c1c(Br)ccc2cc3ccccc3cc12. The molecule has 3 aromatic carbocycles. The molecule has 88 valence electrons. The highest BCUT2D eigenvalue weighted by molar-refractivity contribution is 9.10. The number of carbonyl (C=O) groups is 1. The first kappa shape index (κ1) is 11.2. The average molecular weight is 301 g/mol. The maximum absolute atomic E-state index is 11.3. The van der Waals surface area contributed by atoms with Crippen LogP contribution in [0.1, 0.15) is 10.4 Å². The van der Waals surface area contributed by atoms with Crippen molar-refractivity contribution in [2.45, 2.75) is 0 Å². The summed E-state index contributed by atoms with van der Waals surface area (Å²) < 4.78 is 0.609. The van der Waals surface area contributed by atoms with Crippen molar-refractivity contribution in [3.8, 4) is 0 Å². The van der Waals surface area contributed by atoms with Gasteiger partial charge in [0.1, 0.15) is 0 Å². The number of aromatic carboxylic acids is 1. The van der Waals surface area contributed by atoms with E-state index in [-0.39, 0.29) is 0 Å². The molecule has 2 nitrogen and oxygen atoms in total. The van der Waals surface area contributed by atoms with Crippen LogP contribution in [0.25, 0.3) is 21.5 Å². The van der Waals surface area contributed by atoms with Crippen molar-refractivity contribution in [2.75, 3.05) is 0 Å². The van der Waals surface area contributed by atoms with Crippen LogP contribution < -0.4 is 0 Å². The molecular weight excluding hydrogens is 292 g/mol. The zero-order valence-corrected chi connectivity index (χ0v) is 10.9. The minimum atomic E-state index is -0.914. The van der Waals surface area contributed by atoms with Gasteiger partial charge in [-0.15, -0.1) is 0 Å². The van der Waals surface area contributed by atoms with Crippen LogP contribution >= 0.6 is 15.9 Å². The van der Waals surface area contributed by atoms with Gasteiger partial charge < -0.3 is 5.11 Å². The first-order chi connectivity index (χ1) is 8.66. The van der Waals surface area contributed by atoms with E-state index in [2.05, 4.69) is 15.9 Å². The normalized spacial score (nSPS) is 10.9. The molecule has 0 heterocycles. The summed E-state index contributed by atoms with van der Waals surface area (Å²) in [6.45, 7) is 0. The summed E-state index contributed by atoms with van der Waals surface area (Å²) in [5, 5.41) is 13.2. The molecule has 0 unspecified atom stereocenters. The van der Waals surface area contributed by atoms with Gasteiger partial charge in [-0.05, 0) is 55.7 Å². The molecule has 0 fully saturated rings. The lowest BCUT2D eigenvalue weighted by atomic mass is 10.00. The fourth-order valence-corrected chi connectivity index (χ4v) is 2.72. The average Bonchev–Trinajstić information content (AvgIpc) is 2.36. The van der Waals surface area contributed by atoms with Crippen LogP contribution in [-0.2, 0) is 0 Å². The summed E-state index contributed by atoms with van der Waals surface area (Å²) in [6, 6.07) is 15.6. The quantitative estimate of drug-likeness (QED) is 0.674. The molecule has 0 bridgehead atoms. The van der Waals surface area contributed by atoms with Crippen LogP contribution in [0.4, 0.5) is 0 Å². The summed E-state index contributed by atoms with van der Waals surface area (Å²) in [5.74, 6) is -0.914. The molecule has 3 heteroatoms. The lowest BCUT2D eigenvalue weighted by molar-refractivity contribution is 0.0698. The Hall–Kier alpha value is -1.87. The highest BCUT2D eigenvalue weighted by atomic mass is 79.9. The van der Waals surface area contributed by atoms with Gasteiger partial charge >= 0.3 is 5.97 Å². The molecule has 3 aromatic rings. The van der Waals surface area contributed by atoms with Gasteiger partial charge in [-0.2, -0.15) is 0 Å². The molecule has 0 spiro atoms. The van der Waals surface area contributed by atoms with E-state index in [1.165, 1.54) is 0 Å². The number of carboxylic acids is 1. The third-order valence-corrected chi connectivity index (χ3v) is 3.71. The van der Waals surface area contributed by atoms with E-state index in [1.54, 1.807) is 6.07 Å². The zero-order chi connectivity index (χ0) is 12.7. The molecule has 0 aliphatic carbocycles. The van der Waals surface area contributed by atoms with E-state index in [0.29, 0.717) is 10.0 Å². The first-order valence-corrected chi connectivity index (χ1v) is 6.30. The van der Waals surface area contributed by atoms with E-state index >= 15 is 0 Å². The Morgan fingerprint density at radius 2 is 1.61 bits per heavy atom. The molecule has 0 aliphatic rings. The molecule has 0 amide bonds. The molecule has 0 atom stereocenters. The standard InChI is InChI=1S/C15H9BrO2/c16-13-6-5-11-7-9-3-1-2-4-10(9)8-12(11)14(13)15(17)18/h1-8H,(H,17,18). The Morgan fingerprint density at radius 3 is 2.28 bits per heavy atom. The first-order valence-electron chi connectivity index (χ1n) is 5.51. The van der Waals surface area contributed by atoms with Gasteiger partial charge in [0.15, 0.2) is 0 Å². The summed E-state index contributed by atoms with van der Waals surface area (Å²) in [4.78, 5) is 11.3. The van der Waals surface area contributed by atoms with Crippen LogP contribution in [-0.4, -0.2) is 11.1 Å². The maximum atomic E-state index is 11.3. The Bertz CT molecular complexity index is 778. The second kappa shape index (κ2) is 4.10. The minimum absolute atomic E-state index is 0.318. The van der Waals surface area contributed by atoms with Crippen LogP contribution in [0.2, 0.25) is 0 Å². The number of halogens is 1. The number of carboxylic acid groups (broad SMARTS) is 1. The van der Waals surface area contributed by atoms with Crippen LogP contribution in [0.5, 0.6) is 0 Å². The van der Waals surface area contributed by atoms with Crippen molar-refractivity contribution in [3.05, 3.63) is 58.6 Å². The van der Waals surface area contributed by atoms with Crippen molar-refractivity contribution < 1.29 is 9.90 Å². The molecule has 0 aromatic heterocycles. The van der Waals surface area contributed by atoms with Gasteiger partial charge in [0.05, 0.1) is 5.56 Å². The fraction of sp³-hybridized carbons (Fsp3) is 0. The highest BCUT2D eigenvalue weighted by Gasteiger charge is 2.13. The van der Waals surface area contributed by atoms with E-state index in [4.69, 9.17) is 0 Å². The molecule has 1 N–H and O–H groups in total. The Labute approximate surface area is 112 Å². The lowest BCUT2D eigenvalue weighted by Gasteiger charge is -2.07. The topological polar surface area (TPSA) is 37.3 Å². The second-order valence-electron chi connectivity index (χ2n) is 4.15. The Kier molecular flexibility index (Phi) is 2.56. The molecule has 0 saturated carbocycles. The Morgan fingerprint density at radius 1 is 0.944 bits per heavy atom. The van der Waals surface area contributed by atoms with Crippen molar-refractivity contribution in [2.24, 2.45) is 0 Å². The number of benzene rings is 3. The summed E-state index contributed by atoms with van der Waals surface area (Å²) in [5.41, 5.74) is 0.318. The van der Waals surface area contributed by atoms with Crippen LogP contribution in [0, 0.1) is 0 Å². The highest BCUT2D eigenvalue weighted by Crippen LogP contribution is 2.30. The van der Waals surface area contributed by atoms with Crippen molar-refractivity contribution >= 4 is 43.4 Å². The maximum Gasteiger partial charge on any atom is 0.337 e. The molecule has 0 aliphatic heterocycles. The number of fused-ring (bicyclic) bond motifs is 2. The smallest absolute Gasteiger partial charge is 0.337 e. The van der Waals surface area contributed by atoms with Crippen LogP contribution in [0.15, 0.2) is 53.0 Å². The number of rotatable bonds is 1. The fourth-order valence-electron chi connectivity index (χ4n) is 2.20. The van der Waals surface area contributed by atoms with E-state index in [1.807, 2.05) is 42.5 Å². The van der Waals surface area contributed by atoms with Gasteiger partial charge in [-0.1, -0.05) is 30.3 Å². The van der Waals surface area contributed by atoms with Crippen molar-refractivity contribution in [1.82, 2.24) is 0 Å². The van der Waals surface area contributed by atoms with Crippen molar-refractivity contribution in [3.63, 3.8) is 0 Å². The summed E-state index contributed by atoms with van der Waals surface area (Å²) in [6.07, 6.45) is 0. The Balaban J connectivity index is 2.50. The van der Waals surface area contributed by atoms with Crippen molar-refractivity contribution in [1.29, 1.82) is 0 Å². The summed E-state index contributed by atoms with van der Waals surface area (Å²) >= 11 is 3.30. The predicted molar refractivity (Wildman–Crippen MR) is 76.1 cm³/mol. The molecular formula is C15H9BrO2. The van der Waals surface area contributed by atoms with Gasteiger partial charge in [0.2, 0.25) is 0 Å². The van der Waals surface area contributed by atoms with E-state index in [0.717, 1.165) is 21.5 Å². The van der Waals surface area contributed by atoms with E-state index < -0.39 is 5.97 Å². The van der Waals surface area contributed by atoms with Crippen LogP contribution in [0.3, 0.4) is 0 Å². The largest absolute Gasteiger partial charge is 0.478 e. The second-order valence-corrected chi connectivity index (χ2v) is 5.00. The molecule has 3 rings (SSSR count). The zero-order valence-electron chi connectivity index (χ0n) is 9.35. The third-order valence-electron chi connectivity index (χ3n) is 3.05. The third kappa shape index (κ3) is 1.68. The lowest BCUT2D eigenvalue weighted by Crippen LogP contribution is -1.99.